The Labute approximate surface area is 136 Å². The highest BCUT2D eigenvalue weighted by Gasteiger charge is 2.23. The molecule has 2 aliphatic rings. The summed E-state index contributed by atoms with van der Waals surface area (Å²) >= 11 is 12.4. The van der Waals surface area contributed by atoms with Gasteiger partial charge in [-0.25, -0.2) is 0 Å². The van der Waals surface area contributed by atoms with Crippen molar-refractivity contribution in [2.24, 2.45) is 5.92 Å². The number of hydrogen-bond donors (Lipinski definition) is 0. The lowest BCUT2D eigenvalue weighted by Crippen LogP contribution is -2.48. The van der Waals surface area contributed by atoms with E-state index in [1.165, 1.54) is 12.8 Å². The number of rotatable bonds is 3. The lowest BCUT2D eigenvalue weighted by atomic mass is 10.0. The van der Waals surface area contributed by atoms with E-state index in [0.717, 1.165) is 51.6 Å². The van der Waals surface area contributed by atoms with Gasteiger partial charge in [-0.15, -0.1) is 0 Å². The standard InChI is InChI=1S/C16H22Cl2N2O/c17-14-4-1-5-15(16(14)18)20-8-6-19(7-9-20)11-13-3-2-10-21-12-13/h1,4-5,13H,2-3,6-12H2. The summed E-state index contributed by atoms with van der Waals surface area (Å²) in [5.74, 6) is 0.708. The summed E-state index contributed by atoms with van der Waals surface area (Å²) in [6.45, 7) is 7.22. The summed E-state index contributed by atoms with van der Waals surface area (Å²) in [6.07, 6.45) is 2.52. The average Bonchev–Trinajstić information content (AvgIpc) is 2.52. The normalized spacial score (nSPS) is 24.3. The molecule has 0 saturated carbocycles. The maximum Gasteiger partial charge on any atom is 0.0825 e. The van der Waals surface area contributed by atoms with E-state index >= 15 is 0 Å². The Morgan fingerprint density at radius 1 is 1.14 bits per heavy atom. The van der Waals surface area contributed by atoms with Crippen molar-refractivity contribution in [1.82, 2.24) is 4.90 Å². The summed E-state index contributed by atoms with van der Waals surface area (Å²) in [5, 5.41) is 1.31. The van der Waals surface area contributed by atoms with Crippen LogP contribution in [-0.4, -0.2) is 50.8 Å². The molecule has 0 bridgehead atoms. The molecule has 116 valence electrons. The minimum absolute atomic E-state index is 0.635. The van der Waals surface area contributed by atoms with Gasteiger partial charge in [0.05, 0.1) is 22.3 Å². The number of anilines is 1. The molecular formula is C16H22Cl2N2O. The van der Waals surface area contributed by atoms with E-state index in [2.05, 4.69) is 15.9 Å². The van der Waals surface area contributed by atoms with Gasteiger partial charge in [-0.2, -0.15) is 0 Å². The van der Waals surface area contributed by atoms with Crippen LogP contribution in [0.5, 0.6) is 0 Å². The molecule has 1 aromatic rings. The Bertz CT molecular complexity index is 469. The van der Waals surface area contributed by atoms with Crippen LogP contribution < -0.4 is 4.90 Å². The fraction of sp³-hybridized carbons (Fsp3) is 0.625. The Morgan fingerprint density at radius 2 is 1.95 bits per heavy atom. The van der Waals surface area contributed by atoms with Gasteiger partial charge in [0.1, 0.15) is 0 Å². The van der Waals surface area contributed by atoms with Gasteiger partial charge < -0.3 is 9.64 Å². The van der Waals surface area contributed by atoms with Gasteiger partial charge in [-0.3, -0.25) is 4.90 Å². The van der Waals surface area contributed by atoms with Crippen molar-refractivity contribution < 1.29 is 4.74 Å². The van der Waals surface area contributed by atoms with Crippen LogP contribution in [0.15, 0.2) is 18.2 Å². The zero-order valence-electron chi connectivity index (χ0n) is 12.2. The summed E-state index contributed by atoms with van der Waals surface area (Å²) in [6, 6.07) is 5.86. The average molecular weight is 329 g/mol. The number of hydrogen-bond acceptors (Lipinski definition) is 3. The third-order valence-electron chi connectivity index (χ3n) is 4.42. The zero-order chi connectivity index (χ0) is 14.7. The van der Waals surface area contributed by atoms with Gasteiger partial charge in [-0.05, 0) is 30.9 Å². The minimum Gasteiger partial charge on any atom is -0.381 e. The molecule has 0 radical (unpaired) electrons. The molecule has 0 aromatic heterocycles. The molecule has 3 rings (SSSR count). The molecule has 0 aliphatic carbocycles. The molecule has 1 unspecified atom stereocenters. The van der Waals surface area contributed by atoms with Gasteiger partial charge >= 0.3 is 0 Å². The van der Waals surface area contributed by atoms with Gasteiger partial charge in [0.2, 0.25) is 0 Å². The van der Waals surface area contributed by atoms with Crippen molar-refractivity contribution in [2.45, 2.75) is 12.8 Å². The first-order chi connectivity index (χ1) is 10.2. The smallest absolute Gasteiger partial charge is 0.0825 e. The molecule has 3 nitrogen and oxygen atoms in total. The number of nitrogens with zero attached hydrogens (tertiary/aromatic N) is 2. The third-order valence-corrected chi connectivity index (χ3v) is 5.22. The quantitative estimate of drug-likeness (QED) is 0.844. The van der Waals surface area contributed by atoms with E-state index in [-0.39, 0.29) is 0 Å². The first kappa shape index (κ1) is 15.4. The maximum atomic E-state index is 6.31. The second-order valence-electron chi connectivity index (χ2n) is 5.94. The molecule has 0 N–H and O–H groups in total. The van der Waals surface area contributed by atoms with E-state index in [1.54, 1.807) is 0 Å². The van der Waals surface area contributed by atoms with Crippen LogP contribution >= 0.6 is 23.2 Å². The molecule has 0 amide bonds. The Morgan fingerprint density at radius 3 is 2.67 bits per heavy atom. The lowest BCUT2D eigenvalue weighted by Gasteiger charge is -2.38. The monoisotopic (exact) mass is 328 g/mol. The van der Waals surface area contributed by atoms with Crippen molar-refractivity contribution in [3.05, 3.63) is 28.2 Å². The number of piperazine rings is 1. The summed E-state index contributed by atoms with van der Waals surface area (Å²) in [5.41, 5.74) is 1.06. The largest absolute Gasteiger partial charge is 0.381 e. The summed E-state index contributed by atoms with van der Waals surface area (Å²) in [4.78, 5) is 4.89. The van der Waals surface area contributed by atoms with Crippen LogP contribution in [0.4, 0.5) is 5.69 Å². The van der Waals surface area contributed by atoms with Gasteiger partial charge in [-0.1, -0.05) is 29.3 Å². The van der Waals surface area contributed by atoms with E-state index in [9.17, 15) is 0 Å². The van der Waals surface area contributed by atoms with Crippen molar-refractivity contribution >= 4 is 28.9 Å². The highest BCUT2D eigenvalue weighted by molar-refractivity contribution is 6.43. The maximum absolute atomic E-state index is 6.31. The highest BCUT2D eigenvalue weighted by Crippen LogP contribution is 2.33. The van der Waals surface area contributed by atoms with E-state index < -0.39 is 0 Å². The second-order valence-corrected chi connectivity index (χ2v) is 6.73. The molecule has 0 spiro atoms. The van der Waals surface area contributed by atoms with E-state index in [4.69, 9.17) is 27.9 Å². The topological polar surface area (TPSA) is 15.7 Å². The van der Waals surface area contributed by atoms with Crippen LogP contribution in [0.25, 0.3) is 0 Å². The minimum atomic E-state index is 0.635. The molecule has 2 heterocycles. The molecule has 2 fully saturated rings. The fourth-order valence-corrected chi connectivity index (χ4v) is 3.64. The van der Waals surface area contributed by atoms with Crippen molar-refractivity contribution in [3.63, 3.8) is 0 Å². The molecule has 1 atom stereocenters. The summed E-state index contributed by atoms with van der Waals surface area (Å²) < 4.78 is 5.57. The van der Waals surface area contributed by atoms with E-state index in [0.29, 0.717) is 16.0 Å². The summed E-state index contributed by atoms with van der Waals surface area (Å²) in [7, 11) is 0. The molecular weight excluding hydrogens is 307 g/mol. The Hall–Kier alpha value is -0.480. The number of ether oxygens (including phenoxy) is 1. The SMILES string of the molecule is Clc1cccc(N2CCN(CC3CCCOC3)CC2)c1Cl. The highest BCUT2D eigenvalue weighted by atomic mass is 35.5. The first-order valence-electron chi connectivity index (χ1n) is 7.73. The van der Waals surface area contributed by atoms with Crippen LogP contribution in [0.2, 0.25) is 10.0 Å². The van der Waals surface area contributed by atoms with Crippen LogP contribution in [-0.2, 0) is 4.74 Å². The molecule has 1 aromatic carbocycles. The van der Waals surface area contributed by atoms with Gasteiger partial charge in [0, 0.05) is 39.3 Å². The second kappa shape index (κ2) is 7.19. The third kappa shape index (κ3) is 3.84. The predicted molar refractivity (Wildman–Crippen MR) is 88.7 cm³/mol. The molecule has 5 heteroatoms. The predicted octanol–water partition coefficient (Wildman–Crippen LogP) is 3.54. The first-order valence-corrected chi connectivity index (χ1v) is 8.48. The van der Waals surface area contributed by atoms with Crippen molar-refractivity contribution in [3.8, 4) is 0 Å². The van der Waals surface area contributed by atoms with E-state index in [1.807, 2.05) is 12.1 Å². The number of benzene rings is 1. The van der Waals surface area contributed by atoms with Gasteiger partial charge in [0.15, 0.2) is 0 Å². The van der Waals surface area contributed by atoms with Crippen molar-refractivity contribution in [1.29, 1.82) is 0 Å². The molecule has 21 heavy (non-hydrogen) atoms. The Balaban J connectivity index is 1.53. The molecule has 2 aliphatic heterocycles. The van der Waals surface area contributed by atoms with Crippen LogP contribution in [0.1, 0.15) is 12.8 Å². The lowest BCUT2D eigenvalue weighted by molar-refractivity contribution is 0.0377. The Kier molecular flexibility index (Phi) is 5.28. The zero-order valence-corrected chi connectivity index (χ0v) is 13.7. The van der Waals surface area contributed by atoms with Crippen molar-refractivity contribution in [2.75, 3.05) is 50.8 Å². The van der Waals surface area contributed by atoms with Crippen LogP contribution in [0, 0.1) is 5.92 Å². The number of halogens is 2. The fourth-order valence-electron chi connectivity index (χ4n) is 3.22. The van der Waals surface area contributed by atoms with Gasteiger partial charge in [0.25, 0.3) is 0 Å². The van der Waals surface area contributed by atoms with Crippen LogP contribution in [0.3, 0.4) is 0 Å². The molecule has 2 saturated heterocycles.